The Morgan fingerprint density at radius 3 is 2.83 bits per heavy atom. The van der Waals surface area contributed by atoms with Crippen LogP contribution in [0.4, 0.5) is 10.1 Å². The summed E-state index contributed by atoms with van der Waals surface area (Å²) in [5, 5.41) is 10.8. The molecule has 0 saturated heterocycles. The van der Waals surface area contributed by atoms with E-state index < -0.39 is 10.8 Å². The SMILES string of the molecule is Cn1c(=NC(=O)c2cccc([N+](=O)[O-])c2)sc2cc(F)ccc21. The topological polar surface area (TPSA) is 77.5 Å². The van der Waals surface area contributed by atoms with Gasteiger partial charge in [-0.05, 0) is 24.3 Å². The smallest absolute Gasteiger partial charge is 0.279 e. The quantitative estimate of drug-likeness (QED) is 0.535. The fourth-order valence-electron chi connectivity index (χ4n) is 2.12. The van der Waals surface area contributed by atoms with Crippen molar-refractivity contribution in [2.75, 3.05) is 0 Å². The number of thiazole rings is 1. The highest BCUT2D eigenvalue weighted by molar-refractivity contribution is 7.16. The molecule has 0 fully saturated rings. The van der Waals surface area contributed by atoms with Crippen molar-refractivity contribution in [2.45, 2.75) is 0 Å². The van der Waals surface area contributed by atoms with Gasteiger partial charge < -0.3 is 4.57 Å². The minimum atomic E-state index is -0.587. The van der Waals surface area contributed by atoms with Crippen LogP contribution in [0.3, 0.4) is 0 Å². The van der Waals surface area contributed by atoms with Gasteiger partial charge in [0.25, 0.3) is 11.6 Å². The van der Waals surface area contributed by atoms with Crippen LogP contribution in [0, 0.1) is 15.9 Å². The lowest BCUT2D eigenvalue weighted by Crippen LogP contribution is -2.13. The third-order valence-electron chi connectivity index (χ3n) is 3.27. The maximum absolute atomic E-state index is 13.3. The molecular formula is C15H10FN3O3S. The van der Waals surface area contributed by atoms with Gasteiger partial charge in [0.1, 0.15) is 5.82 Å². The van der Waals surface area contributed by atoms with Gasteiger partial charge in [0, 0.05) is 24.7 Å². The zero-order valence-corrected chi connectivity index (χ0v) is 12.7. The van der Waals surface area contributed by atoms with Crippen LogP contribution in [-0.2, 0) is 7.05 Å². The molecule has 0 aliphatic carbocycles. The Labute approximate surface area is 133 Å². The molecule has 3 aromatic rings. The van der Waals surface area contributed by atoms with Gasteiger partial charge in [0.2, 0.25) is 0 Å². The highest BCUT2D eigenvalue weighted by Crippen LogP contribution is 2.18. The zero-order valence-electron chi connectivity index (χ0n) is 11.9. The van der Waals surface area contributed by atoms with Crippen molar-refractivity contribution < 1.29 is 14.1 Å². The van der Waals surface area contributed by atoms with Crippen molar-refractivity contribution in [2.24, 2.45) is 12.0 Å². The molecule has 0 saturated carbocycles. The molecule has 116 valence electrons. The van der Waals surface area contributed by atoms with E-state index in [0.717, 1.165) is 5.52 Å². The number of amides is 1. The predicted molar refractivity (Wildman–Crippen MR) is 83.7 cm³/mol. The molecule has 0 unspecified atom stereocenters. The summed E-state index contributed by atoms with van der Waals surface area (Å²) in [5.74, 6) is -0.952. The van der Waals surface area contributed by atoms with Crippen LogP contribution in [-0.4, -0.2) is 15.4 Å². The van der Waals surface area contributed by atoms with Crippen LogP contribution in [0.25, 0.3) is 10.2 Å². The summed E-state index contributed by atoms with van der Waals surface area (Å²) in [7, 11) is 1.72. The molecule has 23 heavy (non-hydrogen) atoms. The maximum Gasteiger partial charge on any atom is 0.279 e. The lowest BCUT2D eigenvalue weighted by molar-refractivity contribution is -0.384. The summed E-state index contributed by atoms with van der Waals surface area (Å²) >= 11 is 1.17. The molecule has 0 radical (unpaired) electrons. The Morgan fingerprint density at radius 2 is 2.09 bits per heavy atom. The second-order valence-corrected chi connectivity index (χ2v) is 5.79. The summed E-state index contributed by atoms with van der Waals surface area (Å²) in [6.45, 7) is 0. The van der Waals surface area contributed by atoms with Crippen LogP contribution < -0.4 is 4.80 Å². The minimum absolute atomic E-state index is 0.128. The number of nitro benzene ring substituents is 1. The number of nitrogens with zero attached hydrogens (tertiary/aromatic N) is 3. The van der Waals surface area contributed by atoms with E-state index in [9.17, 15) is 19.3 Å². The van der Waals surface area contributed by atoms with E-state index in [1.54, 1.807) is 17.7 Å². The van der Waals surface area contributed by atoms with Gasteiger partial charge in [-0.2, -0.15) is 4.99 Å². The number of fused-ring (bicyclic) bond motifs is 1. The fourth-order valence-corrected chi connectivity index (χ4v) is 3.16. The van der Waals surface area contributed by atoms with Crippen LogP contribution in [0.15, 0.2) is 47.5 Å². The summed E-state index contributed by atoms with van der Waals surface area (Å²) in [6, 6.07) is 9.70. The third-order valence-corrected chi connectivity index (χ3v) is 4.37. The van der Waals surface area contributed by atoms with Gasteiger partial charge in [0.15, 0.2) is 4.80 Å². The van der Waals surface area contributed by atoms with Crippen molar-refractivity contribution in [3.8, 4) is 0 Å². The molecule has 8 heteroatoms. The zero-order chi connectivity index (χ0) is 16.6. The van der Waals surface area contributed by atoms with Crippen LogP contribution in [0.5, 0.6) is 0 Å². The van der Waals surface area contributed by atoms with E-state index in [1.807, 2.05) is 0 Å². The molecule has 3 rings (SSSR count). The second-order valence-electron chi connectivity index (χ2n) is 4.78. The largest absolute Gasteiger partial charge is 0.319 e. The Morgan fingerprint density at radius 1 is 1.30 bits per heavy atom. The molecular weight excluding hydrogens is 321 g/mol. The number of hydrogen-bond donors (Lipinski definition) is 0. The second kappa shape index (κ2) is 5.73. The first-order valence-corrected chi connectivity index (χ1v) is 7.36. The highest BCUT2D eigenvalue weighted by atomic mass is 32.1. The number of non-ortho nitro benzene ring substituents is 1. The first kappa shape index (κ1) is 15.0. The molecule has 1 amide bonds. The number of hydrogen-bond acceptors (Lipinski definition) is 4. The Balaban J connectivity index is 2.07. The first-order valence-electron chi connectivity index (χ1n) is 6.54. The molecule has 0 N–H and O–H groups in total. The molecule has 0 aliphatic rings. The third kappa shape index (κ3) is 2.88. The van der Waals surface area contributed by atoms with Crippen molar-refractivity contribution in [1.29, 1.82) is 0 Å². The maximum atomic E-state index is 13.3. The number of carbonyl (C=O) groups is 1. The number of halogens is 1. The van der Waals surface area contributed by atoms with Crippen LogP contribution >= 0.6 is 11.3 Å². The Bertz CT molecular complexity index is 1010. The predicted octanol–water partition coefficient (Wildman–Crippen LogP) is 3.03. The molecule has 1 heterocycles. The Kier molecular flexibility index (Phi) is 3.75. The molecule has 2 aromatic carbocycles. The molecule has 6 nitrogen and oxygen atoms in total. The van der Waals surface area contributed by atoms with E-state index >= 15 is 0 Å². The normalized spacial score (nSPS) is 11.8. The van der Waals surface area contributed by atoms with E-state index in [-0.39, 0.29) is 17.1 Å². The minimum Gasteiger partial charge on any atom is -0.319 e. The number of aromatic nitrogens is 1. The van der Waals surface area contributed by atoms with E-state index in [4.69, 9.17) is 0 Å². The van der Waals surface area contributed by atoms with Crippen LogP contribution in [0.2, 0.25) is 0 Å². The summed E-state index contributed by atoms with van der Waals surface area (Å²) in [4.78, 5) is 26.8. The fraction of sp³-hybridized carbons (Fsp3) is 0.0667. The number of nitro groups is 1. The van der Waals surface area contributed by atoms with E-state index in [0.29, 0.717) is 9.50 Å². The molecule has 0 bridgehead atoms. The summed E-state index contributed by atoms with van der Waals surface area (Å²) in [6.07, 6.45) is 0. The molecule has 1 aromatic heterocycles. The molecule has 0 spiro atoms. The van der Waals surface area contributed by atoms with Gasteiger partial charge in [-0.3, -0.25) is 14.9 Å². The number of aryl methyl sites for hydroxylation is 1. The Hall–Kier alpha value is -2.87. The van der Waals surface area contributed by atoms with Crippen molar-refractivity contribution in [1.82, 2.24) is 4.57 Å². The number of carbonyl (C=O) groups excluding carboxylic acids is 1. The molecule has 0 aliphatic heterocycles. The van der Waals surface area contributed by atoms with Gasteiger partial charge in [0.05, 0.1) is 15.1 Å². The highest BCUT2D eigenvalue weighted by Gasteiger charge is 2.12. The monoisotopic (exact) mass is 331 g/mol. The number of rotatable bonds is 2. The average Bonchev–Trinajstić information content (AvgIpc) is 2.82. The lowest BCUT2D eigenvalue weighted by Gasteiger charge is -1.96. The van der Waals surface area contributed by atoms with Crippen LogP contribution in [0.1, 0.15) is 10.4 Å². The van der Waals surface area contributed by atoms with E-state index in [1.165, 1.54) is 47.7 Å². The average molecular weight is 331 g/mol. The summed E-state index contributed by atoms with van der Waals surface area (Å²) in [5.41, 5.74) is 0.707. The lowest BCUT2D eigenvalue weighted by atomic mass is 10.2. The first-order chi connectivity index (χ1) is 11.0. The van der Waals surface area contributed by atoms with Gasteiger partial charge >= 0.3 is 0 Å². The van der Waals surface area contributed by atoms with Crippen molar-refractivity contribution >= 4 is 33.1 Å². The van der Waals surface area contributed by atoms with E-state index in [2.05, 4.69) is 4.99 Å². The van der Waals surface area contributed by atoms with Crippen molar-refractivity contribution in [3.05, 3.63) is 68.8 Å². The standard InChI is InChI=1S/C15H10FN3O3S/c1-18-12-6-5-10(16)8-13(12)23-15(18)17-14(20)9-3-2-4-11(7-9)19(21)22/h2-8H,1H3. The molecule has 0 atom stereocenters. The summed E-state index contributed by atoms with van der Waals surface area (Å²) < 4.78 is 15.6. The van der Waals surface area contributed by atoms with Crippen molar-refractivity contribution in [3.63, 3.8) is 0 Å². The van der Waals surface area contributed by atoms with Gasteiger partial charge in [-0.25, -0.2) is 4.39 Å². The number of benzene rings is 2. The van der Waals surface area contributed by atoms with Gasteiger partial charge in [-0.15, -0.1) is 0 Å². The van der Waals surface area contributed by atoms with Gasteiger partial charge in [-0.1, -0.05) is 17.4 Å².